The molecule has 0 aliphatic carbocycles. The Morgan fingerprint density at radius 1 is 1.73 bits per heavy atom. The lowest BCUT2D eigenvalue weighted by atomic mass is 10.3. The van der Waals surface area contributed by atoms with Crippen molar-refractivity contribution >= 4 is 36.1 Å². The summed E-state index contributed by atoms with van der Waals surface area (Å²) in [4.78, 5) is 3.99. The summed E-state index contributed by atoms with van der Waals surface area (Å²) in [6, 6.07) is 5.40. The van der Waals surface area contributed by atoms with E-state index >= 15 is 0 Å². The van der Waals surface area contributed by atoms with Crippen LogP contribution in [0.2, 0.25) is 0 Å². The van der Waals surface area contributed by atoms with Crippen LogP contribution < -0.4 is 4.72 Å². The monoisotopic (exact) mass is 277 g/mol. The fourth-order valence-corrected chi connectivity index (χ4v) is 1.46. The van der Waals surface area contributed by atoms with Crippen LogP contribution in [0.25, 0.3) is 0 Å². The molecule has 0 unspecified atom stereocenters. The molecule has 3 nitrogen and oxygen atoms in total. The van der Waals surface area contributed by atoms with Crippen LogP contribution in [0.3, 0.4) is 0 Å². The number of rotatable bonds is 2. The van der Waals surface area contributed by atoms with Gasteiger partial charge in [0.2, 0.25) is 0 Å². The van der Waals surface area contributed by atoms with Crippen LogP contribution in [-0.4, -0.2) is 4.98 Å². The molecule has 11 heavy (non-hydrogen) atoms. The van der Waals surface area contributed by atoms with Crippen molar-refractivity contribution < 1.29 is 0 Å². The van der Waals surface area contributed by atoms with Gasteiger partial charge in [0.05, 0.1) is 11.6 Å². The van der Waals surface area contributed by atoms with Crippen LogP contribution in [0.1, 0.15) is 5.56 Å². The van der Waals surface area contributed by atoms with E-state index in [2.05, 4.69) is 30.9 Å². The van der Waals surface area contributed by atoms with Crippen molar-refractivity contribution in [2.45, 2.75) is 0 Å². The fraction of sp³-hybridized carbons (Fsp3) is 0. The van der Waals surface area contributed by atoms with Gasteiger partial charge in [0, 0.05) is 36.5 Å². The van der Waals surface area contributed by atoms with Crippen molar-refractivity contribution in [1.82, 2.24) is 4.98 Å². The Balaban J connectivity index is 2.85. The molecule has 0 radical (unpaired) electrons. The molecule has 0 fully saturated rings. The summed E-state index contributed by atoms with van der Waals surface area (Å²) >= 11 is 2.10. The van der Waals surface area contributed by atoms with Gasteiger partial charge in [0.15, 0.2) is 0 Å². The largest absolute Gasteiger partial charge is 0.306 e. The fourth-order valence-electron chi connectivity index (χ4n) is 0.595. The number of anilines is 1. The third-order valence-electron chi connectivity index (χ3n) is 1.03. The van der Waals surface area contributed by atoms with Crippen LogP contribution in [0.15, 0.2) is 18.3 Å². The van der Waals surface area contributed by atoms with Gasteiger partial charge in [-0.25, -0.2) is 4.98 Å². The van der Waals surface area contributed by atoms with Crippen LogP contribution in [0.5, 0.6) is 0 Å². The van der Waals surface area contributed by atoms with Crippen LogP contribution in [0, 0.1) is 11.3 Å². The lowest BCUT2D eigenvalue weighted by Crippen LogP contribution is -1.87. The third-order valence-corrected chi connectivity index (χ3v) is 1.98. The van der Waals surface area contributed by atoms with Crippen LogP contribution in [0.4, 0.5) is 5.82 Å². The Morgan fingerprint density at radius 2 is 2.55 bits per heavy atom. The van der Waals surface area contributed by atoms with E-state index in [0.29, 0.717) is 11.4 Å². The summed E-state index contributed by atoms with van der Waals surface area (Å²) in [6.07, 6.45) is 1.60. The molecular weight excluding hydrogens is 273 g/mol. The van der Waals surface area contributed by atoms with Gasteiger partial charge in [-0.3, -0.25) is 0 Å². The number of nitrogens with zero attached hydrogens (tertiary/aromatic N) is 2. The van der Waals surface area contributed by atoms with Crippen molar-refractivity contribution in [2.24, 2.45) is 0 Å². The zero-order valence-electron chi connectivity index (χ0n) is 5.41. The molecule has 0 aliphatic rings. The lowest BCUT2D eigenvalue weighted by molar-refractivity contribution is 1.32. The highest BCUT2D eigenvalue weighted by Crippen LogP contribution is 2.15. The highest BCUT2D eigenvalue weighted by molar-refractivity contribution is 14.2. The molecule has 0 aromatic carbocycles. The molecule has 0 aliphatic heterocycles. The SMILES string of the molecule is N#Cc1ccnc(NSI)c1. The molecule has 1 aromatic heterocycles. The van der Waals surface area contributed by atoms with Gasteiger partial charge in [-0.15, -0.1) is 0 Å². The van der Waals surface area contributed by atoms with Gasteiger partial charge in [-0.2, -0.15) is 5.26 Å². The molecule has 0 saturated heterocycles. The van der Waals surface area contributed by atoms with E-state index in [4.69, 9.17) is 5.26 Å². The smallest absolute Gasteiger partial charge is 0.137 e. The van der Waals surface area contributed by atoms with Gasteiger partial charge >= 0.3 is 0 Å². The van der Waals surface area contributed by atoms with E-state index in [-0.39, 0.29) is 0 Å². The predicted molar refractivity (Wildman–Crippen MR) is 54.2 cm³/mol. The highest BCUT2D eigenvalue weighted by Gasteiger charge is 1.93. The molecular formula is C6H4IN3S. The van der Waals surface area contributed by atoms with Crippen molar-refractivity contribution in [1.29, 1.82) is 5.26 Å². The van der Waals surface area contributed by atoms with E-state index in [9.17, 15) is 0 Å². The third kappa shape index (κ3) is 2.55. The van der Waals surface area contributed by atoms with Crippen molar-refractivity contribution in [3.63, 3.8) is 0 Å². The first-order valence-electron chi connectivity index (χ1n) is 2.76. The van der Waals surface area contributed by atoms with Crippen LogP contribution >= 0.6 is 30.3 Å². The van der Waals surface area contributed by atoms with Crippen LogP contribution in [-0.2, 0) is 0 Å². The topological polar surface area (TPSA) is 48.7 Å². The van der Waals surface area contributed by atoms with Gasteiger partial charge in [0.1, 0.15) is 5.82 Å². The minimum atomic E-state index is 0.618. The number of halogens is 1. The van der Waals surface area contributed by atoms with Gasteiger partial charge in [-0.05, 0) is 12.1 Å². The zero-order chi connectivity index (χ0) is 8.10. The molecule has 1 heterocycles. The molecule has 0 amide bonds. The summed E-state index contributed by atoms with van der Waals surface area (Å²) < 4.78 is 2.92. The van der Waals surface area contributed by atoms with Crippen molar-refractivity contribution in [3.8, 4) is 6.07 Å². The van der Waals surface area contributed by atoms with Crippen molar-refractivity contribution in [2.75, 3.05) is 4.72 Å². The lowest BCUT2D eigenvalue weighted by Gasteiger charge is -1.97. The molecule has 0 spiro atoms. The maximum atomic E-state index is 8.52. The summed E-state index contributed by atoms with van der Waals surface area (Å²) in [5.74, 6) is 0.712. The number of pyridine rings is 1. The maximum absolute atomic E-state index is 8.52. The minimum absolute atomic E-state index is 0.618. The summed E-state index contributed by atoms with van der Waals surface area (Å²) in [5, 5.41) is 8.52. The first kappa shape index (κ1) is 8.62. The summed E-state index contributed by atoms with van der Waals surface area (Å²) in [5.41, 5.74) is 0.618. The standard InChI is InChI=1S/C6H4IN3S/c7-11-10-6-3-5(4-8)1-2-9-6/h1-3H,(H,9,10). The Labute approximate surface area is 80.9 Å². The van der Waals surface area contributed by atoms with Crippen molar-refractivity contribution in [3.05, 3.63) is 23.9 Å². The van der Waals surface area contributed by atoms with E-state index < -0.39 is 0 Å². The summed E-state index contributed by atoms with van der Waals surface area (Å²) in [7, 11) is 1.42. The molecule has 5 heteroatoms. The average Bonchev–Trinajstić information content (AvgIpc) is 2.06. The first-order valence-corrected chi connectivity index (χ1v) is 6.12. The quantitative estimate of drug-likeness (QED) is 0.666. The first-order chi connectivity index (χ1) is 5.36. The molecule has 0 saturated carbocycles. The van der Waals surface area contributed by atoms with E-state index in [0.717, 1.165) is 0 Å². The van der Waals surface area contributed by atoms with Gasteiger partial charge in [-0.1, -0.05) is 0 Å². The molecule has 56 valence electrons. The van der Waals surface area contributed by atoms with E-state index in [1.165, 1.54) is 9.12 Å². The number of aromatic nitrogens is 1. The van der Waals surface area contributed by atoms with Gasteiger partial charge in [0.25, 0.3) is 0 Å². The second kappa shape index (κ2) is 4.41. The van der Waals surface area contributed by atoms with Gasteiger partial charge < -0.3 is 4.72 Å². The normalized spacial score (nSPS) is 8.73. The Morgan fingerprint density at radius 3 is 3.18 bits per heavy atom. The van der Waals surface area contributed by atoms with E-state index in [1.54, 1.807) is 18.3 Å². The maximum Gasteiger partial charge on any atom is 0.137 e. The molecule has 0 atom stereocenters. The summed E-state index contributed by atoms with van der Waals surface area (Å²) in [6.45, 7) is 0. The zero-order valence-corrected chi connectivity index (χ0v) is 8.39. The molecule has 1 rings (SSSR count). The molecule has 1 N–H and O–H groups in total. The second-order valence-corrected chi connectivity index (χ2v) is 3.40. The number of hydrogen-bond donors (Lipinski definition) is 1. The molecule has 0 bridgehead atoms. The Hall–Kier alpha value is -0.480. The number of nitriles is 1. The predicted octanol–water partition coefficient (Wildman–Crippen LogP) is 2.36. The second-order valence-electron chi connectivity index (χ2n) is 1.72. The average molecular weight is 277 g/mol. The van der Waals surface area contributed by atoms with E-state index in [1.807, 2.05) is 6.07 Å². The number of nitrogens with one attached hydrogen (secondary N) is 1. The minimum Gasteiger partial charge on any atom is -0.306 e. The highest BCUT2D eigenvalue weighted by atomic mass is 127. The Bertz CT molecular complexity index is 283. The number of hydrogen-bond acceptors (Lipinski definition) is 4. The Kier molecular flexibility index (Phi) is 3.45. The molecule has 1 aromatic rings.